The van der Waals surface area contributed by atoms with Crippen LogP contribution in [0.1, 0.15) is 26.3 Å². The van der Waals surface area contributed by atoms with E-state index in [9.17, 15) is 23.2 Å². The minimum atomic E-state index is -1.19. The topological polar surface area (TPSA) is 74.7 Å². The van der Waals surface area contributed by atoms with Gasteiger partial charge in [0.15, 0.2) is 17.4 Å². The smallest absolute Gasteiger partial charge is 0.335 e. The Labute approximate surface area is 141 Å². The fourth-order valence-electron chi connectivity index (χ4n) is 2.89. The lowest BCUT2D eigenvalue weighted by molar-refractivity contribution is -0.121. The molecular formula is C18H13F2NO4. The summed E-state index contributed by atoms with van der Waals surface area (Å²) in [7, 11) is 1.48. The molecule has 1 aliphatic rings. The highest BCUT2D eigenvalue weighted by Gasteiger charge is 2.38. The van der Waals surface area contributed by atoms with Crippen LogP contribution in [0.2, 0.25) is 0 Å². The molecule has 1 amide bonds. The standard InChI is InChI=1S/C18H13F2NO4/c1-21-15-5-3-10(18(24)25)8-11(15)16(22)12(17(21)23)6-9-2-4-13(19)14(20)7-9/h2-5,7-8,12H,6H2,1H3,(H,24,25). The highest BCUT2D eigenvalue weighted by atomic mass is 19.2. The van der Waals surface area contributed by atoms with Crippen LogP contribution >= 0.6 is 0 Å². The maximum atomic E-state index is 13.4. The molecule has 0 aliphatic carbocycles. The van der Waals surface area contributed by atoms with Crippen LogP contribution in [0.15, 0.2) is 36.4 Å². The van der Waals surface area contributed by atoms with Crippen molar-refractivity contribution in [1.29, 1.82) is 0 Å². The van der Waals surface area contributed by atoms with Gasteiger partial charge in [0.25, 0.3) is 0 Å². The van der Waals surface area contributed by atoms with Crippen molar-refractivity contribution in [3.63, 3.8) is 0 Å². The largest absolute Gasteiger partial charge is 0.478 e. The summed E-state index contributed by atoms with van der Waals surface area (Å²) in [5.74, 6) is -5.40. The maximum absolute atomic E-state index is 13.4. The molecule has 0 aromatic heterocycles. The van der Waals surface area contributed by atoms with Crippen molar-refractivity contribution >= 4 is 23.3 Å². The SMILES string of the molecule is CN1C(=O)C(Cc2ccc(F)c(F)c2)C(=O)c2cc(C(=O)O)ccc21. The molecule has 0 saturated heterocycles. The van der Waals surface area contributed by atoms with Crippen molar-refractivity contribution in [1.82, 2.24) is 0 Å². The third kappa shape index (κ3) is 2.88. The molecule has 0 fully saturated rings. The predicted molar refractivity (Wildman–Crippen MR) is 84.7 cm³/mol. The molecule has 5 nitrogen and oxygen atoms in total. The van der Waals surface area contributed by atoms with Gasteiger partial charge in [-0.15, -0.1) is 0 Å². The van der Waals surface area contributed by atoms with E-state index in [0.717, 1.165) is 12.1 Å². The van der Waals surface area contributed by atoms with Gasteiger partial charge in [0.1, 0.15) is 5.92 Å². The van der Waals surface area contributed by atoms with Gasteiger partial charge in [-0.05, 0) is 42.3 Å². The molecule has 2 aromatic rings. The van der Waals surface area contributed by atoms with E-state index >= 15 is 0 Å². The summed E-state index contributed by atoms with van der Waals surface area (Å²) in [5, 5.41) is 9.08. The van der Waals surface area contributed by atoms with E-state index in [1.54, 1.807) is 0 Å². The van der Waals surface area contributed by atoms with Crippen molar-refractivity contribution in [3.8, 4) is 0 Å². The highest BCUT2D eigenvalue weighted by Crippen LogP contribution is 2.32. The number of fused-ring (bicyclic) bond motifs is 1. The van der Waals surface area contributed by atoms with Crippen molar-refractivity contribution in [2.24, 2.45) is 5.92 Å². The number of aromatic carboxylic acids is 1. The van der Waals surface area contributed by atoms with Crippen LogP contribution in [0.5, 0.6) is 0 Å². The van der Waals surface area contributed by atoms with E-state index in [4.69, 9.17) is 5.11 Å². The van der Waals surface area contributed by atoms with Gasteiger partial charge in [0, 0.05) is 12.6 Å². The van der Waals surface area contributed by atoms with Gasteiger partial charge >= 0.3 is 5.97 Å². The van der Waals surface area contributed by atoms with E-state index in [-0.39, 0.29) is 17.5 Å². The van der Waals surface area contributed by atoms with Gasteiger partial charge < -0.3 is 10.0 Å². The van der Waals surface area contributed by atoms with E-state index in [0.29, 0.717) is 11.3 Å². The first-order chi connectivity index (χ1) is 11.8. The Morgan fingerprint density at radius 2 is 1.84 bits per heavy atom. The second kappa shape index (κ2) is 6.08. The summed E-state index contributed by atoms with van der Waals surface area (Å²) < 4.78 is 26.4. The molecule has 1 atom stereocenters. The Bertz CT molecular complexity index is 910. The van der Waals surface area contributed by atoms with Crippen molar-refractivity contribution < 1.29 is 28.3 Å². The third-order valence-corrected chi connectivity index (χ3v) is 4.24. The number of carboxylic acid groups (broad SMARTS) is 1. The fraction of sp³-hybridized carbons (Fsp3) is 0.167. The number of carbonyl (C=O) groups excluding carboxylic acids is 2. The average Bonchev–Trinajstić information content (AvgIpc) is 2.59. The predicted octanol–water partition coefficient (Wildman–Crippen LogP) is 2.68. The number of nitrogens with zero attached hydrogens (tertiary/aromatic N) is 1. The van der Waals surface area contributed by atoms with E-state index in [1.807, 2.05) is 0 Å². The summed E-state index contributed by atoms with van der Waals surface area (Å²) in [6.07, 6.45) is -0.101. The molecule has 1 heterocycles. The first-order valence-corrected chi connectivity index (χ1v) is 7.42. The molecule has 0 bridgehead atoms. The van der Waals surface area contributed by atoms with Crippen molar-refractivity contribution in [3.05, 3.63) is 64.7 Å². The van der Waals surface area contributed by atoms with Crippen LogP contribution in [0.25, 0.3) is 0 Å². The molecule has 25 heavy (non-hydrogen) atoms. The summed E-state index contributed by atoms with van der Waals surface area (Å²) in [4.78, 5) is 37.6. The molecule has 0 saturated carbocycles. The number of ketones is 1. The summed E-state index contributed by atoms with van der Waals surface area (Å²) in [6.45, 7) is 0. The number of amides is 1. The normalized spacial score (nSPS) is 16.8. The van der Waals surface area contributed by atoms with Gasteiger partial charge in [-0.1, -0.05) is 6.07 Å². The molecule has 2 aromatic carbocycles. The Kier molecular flexibility index (Phi) is 4.08. The van der Waals surface area contributed by atoms with Gasteiger partial charge in [-0.25, -0.2) is 13.6 Å². The number of hydrogen-bond acceptors (Lipinski definition) is 3. The molecule has 3 rings (SSSR count). The zero-order chi connectivity index (χ0) is 18.3. The van der Waals surface area contributed by atoms with Crippen LogP contribution in [0.4, 0.5) is 14.5 Å². The van der Waals surface area contributed by atoms with Gasteiger partial charge in [-0.2, -0.15) is 0 Å². The number of anilines is 1. The maximum Gasteiger partial charge on any atom is 0.335 e. The van der Waals surface area contributed by atoms with Crippen molar-refractivity contribution in [2.75, 3.05) is 11.9 Å². The van der Waals surface area contributed by atoms with Gasteiger partial charge in [-0.3, -0.25) is 9.59 Å². The van der Waals surface area contributed by atoms with Crippen LogP contribution < -0.4 is 4.90 Å². The zero-order valence-corrected chi connectivity index (χ0v) is 13.1. The lowest BCUT2D eigenvalue weighted by Gasteiger charge is -2.30. The van der Waals surface area contributed by atoms with E-state index in [1.165, 1.54) is 36.2 Å². The third-order valence-electron chi connectivity index (χ3n) is 4.24. The van der Waals surface area contributed by atoms with E-state index < -0.39 is 35.2 Å². The zero-order valence-electron chi connectivity index (χ0n) is 13.1. The molecule has 1 N–H and O–H groups in total. The lowest BCUT2D eigenvalue weighted by atomic mass is 9.85. The average molecular weight is 345 g/mol. The molecule has 128 valence electrons. The summed E-state index contributed by atoms with van der Waals surface area (Å²) in [6, 6.07) is 7.13. The fourth-order valence-corrected chi connectivity index (χ4v) is 2.89. The lowest BCUT2D eigenvalue weighted by Crippen LogP contribution is -2.43. The molecule has 1 aliphatic heterocycles. The number of benzene rings is 2. The highest BCUT2D eigenvalue weighted by molar-refractivity contribution is 6.22. The Morgan fingerprint density at radius 1 is 1.12 bits per heavy atom. The molecule has 0 spiro atoms. The Balaban J connectivity index is 2.00. The number of carbonyl (C=O) groups is 3. The minimum absolute atomic E-state index is 0.0681. The van der Waals surface area contributed by atoms with Crippen LogP contribution in [-0.2, 0) is 11.2 Å². The number of Topliss-reactive ketones (excluding diaryl/α,β-unsaturated/α-hetero) is 1. The second-order valence-electron chi connectivity index (χ2n) is 5.80. The van der Waals surface area contributed by atoms with Crippen LogP contribution in [0.3, 0.4) is 0 Å². The molecule has 7 heteroatoms. The van der Waals surface area contributed by atoms with Crippen molar-refractivity contribution in [2.45, 2.75) is 6.42 Å². The molecule has 0 radical (unpaired) electrons. The first-order valence-electron chi connectivity index (χ1n) is 7.42. The van der Waals surface area contributed by atoms with E-state index in [2.05, 4.69) is 0 Å². The van der Waals surface area contributed by atoms with Crippen LogP contribution in [-0.4, -0.2) is 29.8 Å². The number of halogens is 2. The second-order valence-corrected chi connectivity index (χ2v) is 5.80. The summed E-state index contributed by atoms with van der Waals surface area (Å²) in [5.41, 5.74) is 0.675. The minimum Gasteiger partial charge on any atom is -0.478 e. The molecular weight excluding hydrogens is 332 g/mol. The Morgan fingerprint density at radius 3 is 2.48 bits per heavy atom. The van der Waals surface area contributed by atoms with Crippen LogP contribution in [0, 0.1) is 17.6 Å². The summed E-state index contributed by atoms with van der Waals surface area (Å²) >= 11 is 0. The van der Waals surface area contributed by atoms with Gasteiger partial charge in [0.05, 0.1) is 11.3 Å². The first kappa shape index (κ1) is 16.8. The van der Waals surface area contributed by atoms with Gasteiger partial charge in [0.2, 0.25) is 5.91 Å². The monoisotopic (exact) mass is 345 g/mol. The Hall–Kier alpha value is -3.09. The number of hydrogen-bond donors (Lipinski definition) is 1. The number of carboxylic acids is 1. The number of rotatable bonds is 3. The molecule has 1 unspecified atom stereocenters. The quantitative estimate of drug-likeness (QED) is 0.868.